The summed E-state index contributed by atoms with van der Waals surface area (Å²) in [6.07, 6.45) is 0. The third-order valence-corrected chi connectivity index (χ3v) is 4.11. The molecule has 0 aliphatic carbocycles. The van der Waals surface area contributed by atoms with Crippen molar-refractivity contribution in [3.8, 4) is 5.88 Å². The molecule has 1 aromatic heterocycles. The predicted octanol–water partition coefficient (Wildman–Crippen LogP) is 4.92. The minimum atomic E-state index is -0.394. The number of carbonyl (C=O) groups is 1. The number of aryl methyl sites for hydroxylation is 1. The van der Waals surface area contributed by atoms with E-state index in [1.54, 1.807) is 12.1 Å². The largest absolute Gasteiger partial charge is 0.404 e. The molecule has 0 unspecified atom stereocenters. The van der Waals surface area contributed by atoms with Gasteiger partial charge < -0.3 is 4.74 Å². The molecule has 4 rings (SSSR count). The topological polar surface area (TPSA) is 39.2 Å². The number of nitrogens with zero attached hydrogens (tertiary/aromatic N) is 1. The van der Waals surface area contributed by atoms with Crippen LogP contribution >= 0.6 is 0 Å². The summed E-state index contributed by atoms with van der Waals surface area (Å²) in [5, 5.41) is 2.94. The molecule has 0 aliphatic heterocycles. The van der Waals surface area contributed by atoms with Crippen molar-refractivity contribution in [3.63, 3.8) is 0 Å². The van der Waals surface area contributed by atoms with Gasteiger partial charge in [-0.1, -0.05) is 54.6 Å². The molecule has 0 spiro atoms. The summed E-state index contributed by atoms with van der Waals surface area (Å²) >= 11 is 0. The summed E-state index contributed by atoms with van der Waals surface area (Å²) in [4.78, 5) is 17.1. The maximum atomic E-state index is 12.6. The smallest absolute Gasteiger partial charge is 0.345 e. The molecule has 1 heterocycles. The Morgan fingerprint density at radius 3 is 2.46 bits per heavy atom. The number of carbonyl (C=O) groups excluding carboxylic acids is 1. The molecule has 0 bridgehead atoms. The van der Waals surface area contributed by atoms with E-state index in [4.69, 9.17) is 4.74 Å². The lowest BCUT2D eigenvalue weighted by molar-refractivity contribution is 0.0730. The van der Waals surface area contributed by atoms with Crippen LogP contribution in [-0.4, -0.2) is 11.0 Å². The van der Waals surface area contributed by atoms with Gasteiger partial charge in [0.15, 0.2) is 0 Å². The summed E-state index contributed by atoms with van der Waals surface area (Å²) < 4.78 is 5.55. The Morgan fingerprint density at radius 1 is 0.875 bits per heavy atom. The number of pyridine rings is 1. The number of ether oxygens (including phenoxy) is 1. The number of benzene rings is 3. The zero-order chi connectivity index (χ0) is 16.5. The number of rotatable bonds is 2. The normalized spacial score (nSPS) is 10.9. The second kappa shape index (κ2) is 5.78. The van der Waals surface area contributed by atoms with Gasteiger partial charge in [-0.15, -0.1) is 0 Å². The second-order valence-electron chi connectivity index (χ2n) is 5.71. The number of aromatic nitrogens is 1. The van der Waals surface area contributed by atoms with Crippen LogP contribution in [0.4, 0.5) is 0 Å². The van der Waals surface area contributed by atoms with Crippen molar-refractivity contribution in [3.05, 3.63) is 83.9 Å². The minimum absolute atomic E-state index is 0.323. The van der Waals surface area contributed by atoms with Gasteiger partial charge in [0, 0.05) is 11.5 Å². The fraction of sp³-hybridized carbons (Fsp3) is 0.0476. The highest BCUT2D eigenvalue weighted by Gasteiger charge is 2.13. The van der Waals surface area contributed by atoms with E-state index in [1.165, 1.54) is 0 Å². The van der Waals surface area contributed by atoms with Crippen LogP contribution in [0.3, 0.4) is 0 Å². The summed E-state index contributed by atoms with van der Waals surface area (Å²) in [6, 6.07) is 23.0. The quantitative estimate of drug-likeness (QED) is 0.493. The van der Waals surface area contributed by atoms with Crippen LogP contribution in [0.2, 0.25) is 0 Å². The Hall–Kier alpha value is -3.20. The first-order valence-electron chi connectivity index (χ1n) is 7.79. The third-order valence-electron chi connectivity index (χ3n) is 4.11. The summed E-state index contributed by atoms with van der Waals surface area (Å²) in [6.45, 7) is 1.99. The van der Waals surface area contributed by atoms with Crippen LogP contribution in [0.25, 0.3) is 21.7 Å². The monoisotopic (exact) mass is 313 g/mol. The van der Waals surface area contributed by atoms with Crippen molar-refractivity contribution >= 4 is 27.6 Å². The highest BCUT2D eigenvalue weighted by molar-refractivity contribution is 6.05. The molecular weight excluding hydrogens is 298 g/mol. The molecule has 0 saturated heterocycles. The Morgan fingerprint density at radius 2 is 1.58 bits per heavy atom. The van der Waals surface area contributed by atoms with Crippen molar-refractivity contribution in [2.75, 3.05) is 0 Å². The van der Waals surface area contributed by atoms with Crippen molar-refractivity contribution in [2.45, 2.75) is 6.92 Å². The van der Waals surface area contributed by atoms with Crippen LogP contribution in [0.1, 0.15) is 15.9 Å². The molecule has 3 nitrogen and oxygen atoms in total. The van der Waals surface area contributed by atoms with Gasteiger partial charge in [0.05, 0.1) is 11.1 Å². The Bertz CT molecular complexity index is 1060. The fourth-order valence-electron chi connectivity index (χ4n) is 2.92. The molecule has 0 amide bonds. The van der Waals surface area contributed by atoms with E-state index in [0.29, 0.717) is 11.4 Å². The Kier molecular flexibility index (Phi) is 3.47. The number of para-hydroxylation sites is 1. The molecule has 3 heteroatoms. The van der Waals surface area contributed by atoms with Crippen LogP contribution in [0.5, 0.6) is 5.88 Å². The standard InChI is InChI=1S/C21H15NO2/c1-14-13-20(22-19-12-5-4-9-16(14)19)24-21(23)18-11-6-8-15-7-2-3-10-17(15)18/h2-13H,1H3. The highest BCUT2D eigenvalue weighted by Crippen LogP contribution is 2.23. The van der Waals surface area contributed by atoms with Crippen LogP contribution in [0, 0.1) is 6.92 Å². The number of hydrogen-bond acceptors (Lipinski definition) is 3. The first-order valence-corrected chi connectivity index (χ1v) is 7.79. The third kappa shape index (κ3) is 2.50. The molecule has 4 aromatic rings. The van der Waals surface area contributed by atoms with Gasteiger partial charge in [-0.05, 0) is 35.4 Å². The van der Waals surface area contributed by atoms with Crippen molar-refractivity contribution in [1.29, 1.82) is 0 Å². The molecule has 0 aliphatic rings. The van der Waals surface area contributed by atoms with Crippen molar-refractivity contribution in [2.24, 2.45) is 0 Å². The van der Waals surface area contributed by atoms with Crippen LogP contribution in [0.15, 0.2) is 72.8 Å². The van der Waals surface area contributed by atoms with E-state index >= 15 is 0 Å². The zero-order valence-electron chi connectivity index (χ0n) is 13.2. The Labute approximate surface area is 139 Å². The molecule has 3 aromatic carbocycles. The molecule has 0 fully saturated rings. The van der Waals surface area contributed by atoms with E-state index in [9.17, 15) is 4.79 Å². The molecule has 116 valence electrons. The summed E-state index contributed by atoms with van der Waals surface area (Å²) in [5.41, 5.74) is 2.39. The number of esters is 1. The SMILES string of the molecule is Cc1cc(OC(=O)c2cccc3ccccc23)nc2ccccc12. The zero-order valence-corrected chi connectivity index (χ0v) is 13.2. The molecule has 24 heavy (non-hydrogen) atoms. The van der Waals surface area contributed by atoms with Crippen molar-refractivity contribution < 1.29 is 9.53 Å². The van der Waals surface area contributed by atoms with Crippen molar-refractivity contribution in [1.82, 2.24) is 4.98 Å². The average molecular weight is 313 g/mol. The van der Waals surface area contributed by atoms with Gasteiger partial charge in [-0.2, -0.15) is 0 Å². The molecule has 0 atom stereocenters. The van der Waals surface area contributed by atoms with E-state index in [2.05, 4.69) is 4.98 Å². The first kappa shape index (κ1) is 14.4. The van der Waals surface area contributed by atoms with Gasteiger partial charge in [-0.3, -0.25) is 0 Å². The first-order chi connectivity index (χ1) is 11.7. The maximum Gasteiger partial charge on any atom is 0.345 e. The molecular formula is C21H15NO2. The number of fused-ring (bicyclic) bond motifs is 2. The van der Waals surface area contributed by atoms with E-state index in [1.807, 2.05) is 67.6 Å². The lowest BCUT2D eigenvalue weighted by Crippen LogP contribution is -2.10. The lowest BCUT2D eigenvalue weighted by atomic mass is 10.0. The molecule has 0 radical (unpaired) electrons. The summed E-state index contributed by atoms with van der Waals surface area (Å²) in [5.74, 6) is -0.0712. The van der Waals surface area contributed by atoms with Crippen LogP contribution < -0.4 is 4.74 Å². The lowest BCUT2D eigenvalue weighted by Gasteiger charge is -2.09. The van der Waals surface area contributed by atoms with E-state index in [-0.39, 0.29) is 0 Å². The van der Waals surface area contributed by atoms with Gasteiger partial charge in [0.2, 0.25) is 5.88 Å². The fourth-order valence-corrected chi connectivity index (χ4v) is 2.92. The second-order valence-corrected chi connectivity index (χ2v) is 5.71. The highest BCUT2D eigenvalue weighted by atomic mass is 16.5. The number of hydrogen-bond donors (Lipinski definition) is 0. The van der Waals surface area contributed by atoms with Gasteiger partial charge in [0.1, 0.15) is 0 Å². The Balaban J connectivity index is 1.73. The van der Waals surface area contributed by atoms with Gasteiger partial charge >= 0.3 is 5.97 Å². The van der Waals surface area contributed by atoms with Gasteiger partial charge in [0.25, 0.3) is 0 Å². The predicted molar refractivity (Wildman–Crippen MR) is 95.4 cm³/mol. The maximum absolute atomic E-state index is 12.6. The van der Waals surface area contributed by atoms with E-state index < -0.39 is 5.97 Å². The molecule has 0 saturated carbocycles. The van der Waals surface area contributed by atoms with Gasteiger partial charge in [-0.25, -0.2) is 9.78 Å². The minimum Gasteiger partial charge on any atom is -0.404 e. The van der Waals surface area contributed by atoms with E-state index in [0.717, 1.165) is 27.2 Å². The average Bonchev–Trinajstić information content (AvgIpc) is 2.61. The molecule has 0 N–H and O–H groups in total. The summed E-state index contributed by atoms with van der Waals surface area (Å²) in [7, 11) is 0. The van der Waals surface area contributed by atoms with Crippen LogP contribution in [-0.2, 0) is 0 Å².